The van der Waals surface area contributed by atoms with E-state index < -0.39 is 11.7 Å². The van der Waals surface area contributed by atoms with Crippen LogP contribution in [0.4, 0.5) is 38.1 Å². The second-order valence-corrected chi connectivity index (χ2v) is 45.5. The smallest absolute Gasteiger partial charge is 0.418 e. The predicted molar refractivity (Wildman–Crippen MR) is 598 cm³/mol. The van der Waals surface area contributed by atoms with Crippen LogP contribution >= 0.6 is 102 Å². The second kappa shape index (κ2) is 49.4. The van der Waals surface area contributed by atoms with Gasteiger partial charge in [0.25, 0.3) is 0 Å². The van der Waals surface area contributed by atoms with Crippen LogP contribution in [0.1, 0.15) is 269 Å². The summed E-state index contributed by atoms with van der Waals surface area (Å²) in [5, 5.41) is 6.93. The number of ether oxygens (including phenoxy) is 3. The van der Waals surface area contributed by atoms with Crippen molar-refractivity contribution in [2.24, 2.45) is 0 Å². The van der Waals surface area contributed by atoms with Crippen LogP contribution in [0.3, 0.4) is 0 Å². The first-order valence-corrected chi connectivity index (χ1v) is 53.4. The van der Waals surface area contributed by atoms with E-state index in [1.54, 1.807) is 114 Å². The van der Waals surface area contributed by atoms with E-state index in [1.807, 2.05) is 88.1 Å². The highest BCUT2D eigenvalue weighted by Gasteiger charge is 2.34. The zero-order chi connectivity index (χ0) is 102. The number of methoxy groups -OCH3 is 3. The van der Waals surface area contributed by atoms with Gasteiger partial charge in [0, 0.05) is 23.2 Å². The lowest BCUT2D eigenvalue weighted by Crippen LogP contribution is -2.08. The van der Waals surface area contributed by atoms with Gasteiger partial charge in [0.1, 0.15) is 39.3 Å². The lowest BCUT2D eigenvalue weighted by molar-refractivity contribution is -0.136. The van der Waals surface area contributed by atoms with Crippen molar-refractivity contribution in [3.63, 3.8) is 0 Å². The van der Waals surface area contributed by atoms with Gasteiger partial charge in [-0.3, -0.25) is 9.97 Å². The molecule has 0 spiro atoms. The van der Waals surface area contributed by atoms with Gasteiger partial charge in [0.2, 0.25) is 0 Å². The number of hydrogen-bond acceptors (Lipinski definition) is 25. The Bertz CT molecular complexity index is 7240. The fraction of sp³-hybridized carbons (Fsp3) is 0.327. The summed E-state index contributed by atoms with van der Waals surface area (Å²) in [5.74, 6) is 7.03. The fourth-order valence-electron chi connectivity index (χ4n) is 14.5. The van der Waals surface area contributed by atoms with Crippen molar-refractivity contribution in [1.29, 1.82) is 0 Å². The average Bonchev–Trinajstić information content (AvgIpc) is 0.892. The first-order chi connectivity index (χ1) is 66.4. The number of hydrogen-bond donors (Lipinski definition) is 4. The Balaban J connectivity index is 0.000000149. The van der Waals surface area contributed by atoms with Crippen LogP contribution in [0.2, 0.25) is 5.02 Å². The Morgan fingerprint density at radius 1 is 0.293 bits per heavy atom. The van der Waals surface area contributed by atoms with E-state index >= 15 is 0 Å². The molecule has 736 valence electrons. The minimum absolute atomic E-state index is 0.0180. The average molecular weight is 2060 g/mol. The number of nitrogens with two attached hydrogens (primary N) is 4. The van der Waals surface area contributed by atoms with Gasteiger partial charge in [0.05, 0.1) is 124 Å². The van der Waals surface area contributed by atoms with Crippen molar-refractivity contribution in [2.75, 3.05) is 44.3 Å². The number of aryl methyl sites for hydroxylation is 2. The Labute approximate surface area is 855 Å². The monoisotopic (exact) mass is 2060 g/mol. The number of fused-ring (bicyclic) bond motifs is 10. The minimum atomic E-state index is -4.36. The van der Waals surface area contributed by atoms with Crippen LogP contribution in [0.15, 0.2) is 193 Å². The second-order valence-electron chi connectivity index (χ2n) is 36.6. The van der Waals surface area contributed by atoms with Crippen LogP contribution < -0.4 is 37.1 Å². The molecule has 0 aliphatic carbocycles. The number of pyridine rings is 2. The summed E-state index contributed by atoms with van der Waals surface area (Å²) in [6.45, 7) is 46.9. The van der Waals surface area contributed by atoms with E-state index in [0.717, 1.165) is 96.8 Å². The number of aromatic nitrogens is 10. The lowest BCUT2D eigenvalue weighted by Gasteiger charge is -2.13. The highest BCUT2D eigenvalue weighted by molar-refractivity contribution is 7.23. The molecule has 0 aliphatic heterocycles. The molecule has 0 aliphatic rings. The molecular weight excluding hydrogens is 1930 g/mol. The number of nitrogen functional groups attached to an aromatic ring is 4. The minimum Gasteiger partial charge on any atom is -0.494 e. The summed E-state index contributed by atoms with van der Waals surface area (Å²) >= 11 is 18.9. The summed E-state index contributed by atoms with van der Waals surface area (Å²) in [6.07, 6.45) is -1.21. The predicted octanol–water partition coefficient (Wildman–Crippen LogP) is 34.9. The molecule has 0 saturated heterocycles. The van der Waals surface area contributed by atoms with Crippen LogP contribution in [0.5, 0.6) is 17.2 Å². The first-order valence-electron chi connectivity index (χ1n) is 46.4. The molecule has 17 nitrogen and oxygen atoms in total. The Hall–Kier alpha value is -11.3. The molecule has 10 aromatic heterocycles. The number of benzene rings is 10. The molecular formula is C110H125ClF4N14O3S8. The number of rotatable bonds is 13. The molecule has 10 aromatic carbocycles. The standard InChI is InChI=1S/C13H12F3N.C12H12ClN.C12H15NOS.C11H14N2OS.C11H13NOS.C11H13NS.C10H11FN2S.2C10H12N2S.C10H11NS/c1-8(2)10-6-9-4-3-5-17-12(9)11(7-10)13(14,15)16;1-8(2)10-6-9-4-3-5-14-12(9)11(13)7-10;1-7(2)9-5-10(14-4)12-11(6-9)15-8(3)13-12;1-6(2)7-4-8(14-3)10-9(5-7)15-11(12)13-10;1-7(2)8-4-9(13-3)11-10(5-8)14-6-12-11;1-7(2)9-4-5-10-11(6-9)13-8(3)12-10;1-5(2)6-3-7(11)9-8(4-6)14-10(12)13-9;2*1-6(2)7-3-4-8-9(5-7)13-10(11)12-8;1-7(2)8-3-4-9-10(5-8)12-6-11-9/h3-8H,1-2H3;3-8H,1-2H3;5-7H,1-4H3;4-6H,1-3H3,(H2,12,13);4-7H,1-3H3;4-7H,1-3H3;3-5H,1-2H3,(H2,12,13);2*3-6H,1-2H3,(H2,11,12);3-7H,1-2H3. The molecule has 0 saturated carbocycles. The highest BCUT2D eigenvalue weighted by Crippen LogP contribution is 2.41. The van der Waals surface area contributed by atoms with Gasteiger partial charge in [-0.25, -0.2) is 44.3 Å². The van der Waals surface area contributed by atoms with Gasteiger partial charge in [-0.1, -0.05) is 232 Å². The maximum atomic E-state index is 13.5. The molecule has 0 bridgehead atoms. The summed E-state index contributed by atoms with van der Waals surface area (Å²) in [6, 6.07) is 56.3. The van der Waals surface area contributed by atoms with Crippen molar-refractivity contribution >= 4 is 226 Å². The van der Waals surface area contributed by atoms with Crippen molar-refractivity contribution < 1.29 is 31.8 Å². The molecule has 0 amide bonds. The number of anilines is 4. The zero-order valence-electron chi connectivity index (χ0n) is 83.9. The normalized spacial score (nSPS) is 11.4. The van der Waals surface area contributed by atoms with Crippen molar-refractivity contribution in [2.45, 2.75) is 218 Å². The third-order valence-corrected chi connectivity index (χ3v) is 29.8. The van der Waals surface area contributed by atoms with E-state index in [2.05, 4.69) is 265 Å². The van der Waals surface area contributed by atoms with E-state index in [9.17, 15) is 17.6 Å². The van der Waals surface area contributed by atoms with Gasteiger partial charge in [-0.2, -0.15) is 13.2 Å². The molecule has 0 unspecified atom stereocenters. The lowest BCUT2D eigenvalue weighted by atomic mass is 9.97. The van der Waals surface area contributed by atoms with Gasteiger partial charge < -0.3 is 37.1 Å². The highest BCUT2D eigenvalue weighted by atomic mass is 35.5. The van der Waals surface area contributed by atoms with Crippen molar-refractivity contribution in [3.05, 3.63) is 275 Å². The summed E-state index contributed by atoms with van der Waals surface area (Å²) < 4.78 is 77.6. The van der Waals surface area contributed by atoms with Gasteiger partial charge in [-0.05, 0) is 262 Å². The van der Waals surface area contributed by atoms with Gasteiger partial charge >= 0.3 is 6.18 Å². The van der Waals surface area contributed by atoms with E-state index in [1.165, 1.54) is 114 Å². The van der Waals surface area contributed by atoms with Crippen LogP contribution in [0.25, 0.3) is 104 Å². The van der Waals surface area contributed by atoms with Crippen molar-refractivity contribution in [1.82, 2.24) is 49.8 Å². The van der Waals surface area contributed by atoms with E-state index in [4.69, 9.17) is 48.7 Å². The first kappa shape index (κ1) is 109. The van der Waals surface area contributed by atoms with Gasteiger partial charge in [-0.15, -0.1) is 45.3 Å². The molecule has 8 N–H and O–H groups in total. The fourth-order valence-corrected chi connectivity index (χ4v) is 21.2. The Kier molecular flexibility index (Phi) is 38.5. The number of halogens is 5. The SMILES string of the molecule is CC(C)c1cc(C(F)(F)F)c2ncccc2c1.CC(C)c1cc(Cl)c2ncccc2c1.CC(C)c1cc(F)c2nc(N)sc2c1.CC(C)c1ccc2nc(N)sc2c1.CC(C)c1ccc2nc(N)sc2c1.CC(C)c1ccc2ncsc2c1.COc1cc(C(C)C)cc2sc(C)nc12.COc1cc(C(C)C)cc2sc(N)nc12.COc1cc(C(C)C)cc2scnc12.Cc1nc2ccc(C(C)C)cc2s1. The molecule has 0 fully saturated rings. The molecule has 0 radical (unpaired) electrons. The number of alkyl halides is 3. The van der Waals surface area contributed by atoms with Crippen LogP contribution in [-0.4, -0.2) is 71.2 Å². The van der Waals surface area contributed by atoms with Crippen LogP contribution in [0, 0.1) is 19.7 Å². The third-order valence-electron chi connectivity index (χ3n) is 22.8. The third kappa shape index (κ3) is 29.0. The summed E-state index contributed by atoms with van der Waals surface area (Å²) in [4.78, 5) is 42.1. The largest absolute Gasteiger partial charge is 0.494 e. The molecule has 140 heavy (non-hydrogen) atoms. The number of thiazole rings is 8. The molecule has 20 rings (SSSR count). The Morgan fingerprint density at radius 3 is 1.07 bits per heavy atom. The van der Waals surface area contributed by atoms with E-state index in [-0.39, 0.29) is 17.3 Å². The molecule has 10 heterocycles. The Morgan fingerprint density at radius 2 is 0.614 bits per heavy atom. The summed E-state index contributed by atoms with van der Waals surface area (Å²) in [7, 11) is 5.06. The molecule has 30 heteroatoms. The topological polar surface area (TPSA) is 261 Å². The molecule has 0 atom stereocenters. The molecule has 20 aromatic rings. The maximum Gasteiger partial charge on any atom is 0.418 e. The van der Waals surface area contributed by atoms with E-state index in [0.29, 0.717) is 90.3 Å². The number of nitrogens with zero attached hydrogens (tertiary/aromatic N) is 10. The van der Waals surface area contributed by atoms with Crippen LogP contribution in [-0.2, 0) is 6.18 Å². The van der Waals surface area contributed by atoms with Crippen molar-refractivity contribution in [3.8, 4) is 17.2 Å². The maximum absolute atomic E-state index is 13.5. The summed E-state index contributed by atoms with van der Waals surface area (Å²) in [5.41, 5.74) is 46.2. The zero-order valence-corrected chi connectivity index (χ0v) is 91.2. The quantitative estimate of drug-likeness (QED) is 0.0782. The van der Waals surface area contributed by atoms with Gasteiger partial charge in [0.15, 0.2) is 26.3 Å².